The molecular weight excluding hydrogens is 388 g/mol. The standard InChI is InChI=1S/C20H20N6O4/c1-11-8-13(18(27)28)15(21-2)9-14(11)23-19-22-10-16-17(24-19)26(20(29)25(16)3)12-4-6-30-7-5-12/h8-10,12H,4-7H2,1,3H3,(H,27,28)(H,22,23,24). The van der Waals surface area contributed by atoms with E-state index in [2.05, 4.69) is 20.1 Å². The number of carboxylic acids is 1. The molecule has 0 radical (unpaired) electrons. The largest absolute Gasteiger partial charge is 0.479 e. The Labute approximate surface area is 171 Å². The highest BCUT2D eigenvalue weighted by molar-refractivity contribution is 5.96. The summed E-state index contributed by atoms with van der Waals surface area (Å²) >= 11 is 0. The number of carboxylic acid groups (broad SMARTS) is 1. The number of hydrogen-bond acceptors (Lipinski definition) is 6. The van der Waals surface area contributed by atoms with Crippen molar-refractivity contribution in [1.29, 1.82) is 0 Å². The highest BCUT2D eigenvalue weighted by atomic mass is 16.5. The first-order valence-electron chi connectivity index (χ1n) is 9.45. The first-order chi connectivity index (χ1) is 14.4. The van der Waals surface area contributed by atoms with Crippen molar-refractivity contribution in [2.24, 2.45) is 7.05 Å². The molecule has 30 heavy (non-hydrogen) atoms. The Morgan fingerprint density at radius 3 is 2.77 bits per heavy atom. The van der Waals surface area contributed by atoms with Gasteiger partial charge in [0, 0.05) is 32.0 Å². The molecule has 1 fully saturated rings. The molecule has 0 unspecified atom stereocenters. The van der Waals surface area contributed by atoms with E-state index in [4.69, 9.17) is 11.3 Å². The van der Waals surface area contributed by atoms with E-state index in [0.29, 0.717) is 35.6 Å². The first kappa shape index (κ1) is 19.6. The molecule has 10 nitrogen and oxygen atoms in total. The van der Waals surface area contributed by atoms with Crippen LogP contribution >= 0.6 is 0 Å². The van der Waals surface area contributed by atoms with E-state index in [-0.39, 0.29) is 28.9 Å². The van der Waals surface area contributed by atoms with Gasteiger partial charge < -0.3 is 15.2 Å². The first-order valence-corrected chi connectivity index (χ1v) is 9.45. The predicted octanol–water partition coefficient (Wildman–Crippen LogP) is 2.78. The minimum atomic E-state index is -1.15. The highest BCUT2D eigenvalue weighted by Gasteiger charge is 2.23. The van der Waals surface area contributed by atoms with Crippen molar-refractivity contribution in [1.82, 2.24) is 19.1 Å². The van der Waals surface area contributed by atoms with Crippen LogP contribution in [0.3, 0.4) is 0 Å². The summed E-state index contributed by atoms with van der Waals surface area (Å²) in [5.41, 5.74) is 2.13. The summed E-state index contributed by atoms with van der Waals surface area (Å²) in [6.45, 7) is 10.2. The molecule has 0 atom stereocenters. The van der Waals surface area contributed by atoms with Gasteiger partial charge in [0.25, 0.3) is 0 Å². The normalized spacial score (nSPS) is 14.6. The van der Waals surface area contributed by atoms with E-state index in [9.17, 15) is 14.7 Å². The van der Waals surface area contributed by atoms with Crippen molar-refractivity contribution >= 4 is 34.5 Å². The van der Waals surface area contributed by atoms with E-state index in [1.165, 1.54) is 16.7 Å². The van der Waals surface area contributed by atoms with E-state index < -0.39 is 5.97 Å². The van der Waals surface area contributed by atoms with Crippen molar-refractivity contribution in [2.45, 2.75) is 25.8 Å². The quantitative estimate of drug-likeness (QED) is 0.638. The maximum Gasteiger partial charge on any atom is 0.330 e. The Balaban J connectivity index is 1.77. The lowest BCUT2D eigenvalue weighted by atomic mass is 10.1. The molecule has 0 saturated carbocycles. The van der Waals surface area contributed by atoms with Gasteiger partial charge in [-0.25, -0.2) is 19.4 Å². The van der Waals surface area contributed by atoms with E-state index in [1.807, 2.05) is 0 Å². The molecule has 4 rings (SSSR count). The van der Waals surface area contributed by atoms with Gasteiger partial charge >= 0.3 is 11.7 Å². The summed E-state index contributed by atoms with van der Waals surface area (Å²) in [5.74, 6) is -0.894. The lowest BCUT2D eigenvalue weighted by Crippen LogP contribution is -2.30. The van der Waals surface area contributed by atoms with Crippen molar-refractivity contribution in [3.05, 3.63) is 51.4 Å². The monoisotopic (exact) mass is 408 g/mol. The maximum atomic E-state index is 12.8. The Bertz CT molecular complexity index is 1250. The summed E-state index contributed by atoms with van der Waals surface area (Å²) < 4.78 is 8.63. The predicted molar refractivity (Wildman–Crippen MR) is 110 cm³/mol. The lowest BCUT2D eigenvalue weighted by molar-refractivity contribution is 0.0692. The number of aryl methyl sites for hydroxylation is 2. The molecule has 3 aromatic rings. The zero-order chi connectivity index (χ0) is 21.4. The number of fused-ring (bicyclic) bond motifs is 1. The fourth-order valence-corrected chi connectivity index (χ4v) is 3.68. The third-order valence-electron chi connectivity index (χ3n) is 5.33. The van der Waals surface area contributed by atoms with Crippen LogP contribution in [0.4, 0.5) is 17.3 Å². The fourth-order valence-electron chi connectivity index (χ4n) is 3.68. The zero-order valence-corrected chi connectivity index (χ0v) is 16.5. The summed E-state index contributed by atoms with van der Waals surface area (Å²) in [6, 6.07) is 2.91. The average molecular weight is 408 g/mol. The van der Waals surface area contributed by atoms with Crippen LogP contribution in [0.15, 0.2) is 23.1 Å². The summed E-state index contributed by atoms with van der Waals surface area (Å²) in [5, 5.41) is 12.3. The number of aromatic nitrogens is 4. The van der Waals surface area contributed by atoms with Crippen LogP contribution in [0.25, 0.3) is 16.0 Å². The molecule has 0 spiro atoms. The molecule has 0 bridgehead atoms. The Hall–Kier alpha value is -3.71. The van der Waals surface area contributed by atoms with Gasteiger partial charge in [0.1, 0.15) is 5.52 Å². The number of aromatic carboxylic acids is 1. The number of hydrogen-bond donors (Lipinski definition) is 2. The SMILES string of the molecule is [C-]#[N+]c1cc(Nc2ncc3c(n2)n(C2CCOCC2)c(=O)n3C)c(C)cc1C(=O)O. The second kappa shape index (κ2) is 7.61. The Morgan fingerprint density at radius 1 is 1.37 bits per heavy atom. The molecule has 2 aromatic heterocycles. The lowest BCUT2D eigenvalue weighted by Gasteiger charge is -2.22. The molecule has 1 aromatic carbocycles. The van der Waals surface area contributed by atoms with Gasteiger partial charge in [0.2, 0.25) is 11.6 Å². The molecular formula is C20H20N6O4. The van der Waals surface area contributed by atoms with Crippen LogP contribution < -0.4 is 11.0 Å². The molecule has 10 heteroatoms. The summed E-state index contributed by atoms with van der Waals surface area (Å²) in [6.07, 6.45) is 3.05. The minimum absolute atomic E-state index is 0.00278. The van der Waals surface area contributed by atoms with Crippen LogP contribution in [0.5, 0.6) is 0 Å². The zero-order valence-electron chi connectivity index (χ0n) is 16.5. The third-order valence-corrected chi connectivity index (χ3v) is 5.33. The smallest absolute Gasteiger partial charge is 0.330 e. The van der Waals surface area contributed by atoms with E-state index in [1.54, 1.807) is 24.7 Å². The minimum Gasteiger partial charge on any atom is -0.479 e. The van der Waals surface area contributed by atoms with Crippen molar-refractivity contribution in [2.75, 3.05) is 18.5 Å². The van der Waals surface area contributed by atoms with Gasteiger partial charge in [-0.2, -0.15) is 4.98 Å². The number of carbonyl (C=O) groups is 1. The number of nitrogens with one attached hydrogen (secondary N) is 1. The molecule has 154 valence electrons. The molecule has 1 aliphatic rings. The van der Waals surface area contributed by atoms with Crippen LogP contribution in [0.1, 0.15) is 34.8 Å². The molecule has 2 N–H and O–H groups in total. The number of imidazole rings is 1. The molecule has 1 saturated heterocycles. The molecule has 3 heterocycles. The van der Waals surface area contributed by atoms with Crippen LogP contribution in [0.2, 0.25) is 0 Å². The number of anilines is 2. The maximum absolute atomic E-state index is 12.8. The van der Waals surface area contributed by atoms with Crippen LogP contribution in [0, 0.1) is 13.5 Å². The topological polar surface area (TPSA) is 116 Å². The number of nitrogens with zero attached hydrogens (tertiary/aromatic N) is 5. The van der Waals surface area contributed by atoms with Crippen LogP contribution in [-0.2, 0) is 11.8 Å². The number of rotatable bonds is 4. The van der Waals surface area contributed by atoms with Gasteiger partial charge in [-0.15, -0.1) is 0 Å². The molecule has 0 aliphatic carbocycles. The van der Waals surface area contributed by atoms with E-state index in [0.717, 1.165) is 12.8 Å². The summed E-state index contributed by atoms with van der Waals surface area (Å²) in [7, 11) is 1.69. The van der Waals surface area contributed by atoms with Crippen molar-refractivity contribution in [3.8, 4) is 0 Å². The van der Waals surface area contributed by atoms with Crippen LogP contribution in [-0.4, -0.2) is 43.4 Å². The second-order valence-electron chi connectivity index (χ2n) is 7.18. The van der Waals surface area contributed by atoms with Gasteiger partial charge in [0.05, 0.1) is 18.3 Å². The Kier molecular flexibility index (Phi) is 4.97. The third kappa shape index (κ3) is 3.29. The van der Waals surface area contributed by atoms with Gasteiger partial charge in [-0.1, -0.05) is 6.07 Å². The molecule has 1 aliphatic heterocycles. The van der Waals surface area contributed by atoms with Crippen molar-refractivity contribution < 1.29 is 14.6 Å². The van der Waals surface area contributed by atoms with E-state index >= 15 is 0 Å². The van der Waals surface area contributed by atoms with Gasteiger partial charge in [-0.05, 0) is 31.4 Å². The molecule has 0 amide bonds. The fraction of sp³-hybridized carbons (Fsp3) is 0.350. The number of ether oxygens (including phenoxy) is 1. The summed E-state index contributed by atoms with van der Waals surface area (Å²) in [4.78, 5) is 36.3. The second-order valence-corrected chi connectivity index (χ2v) is 7.18. The van der Waals surface area contributed by atoms with Gasteiger partial charge in [-0.3, -0.25) is 9.13 Å². The highest BCUT2D eigenvalue weighted by Crippen LogP contribution is 2.30. The number of benzene rings is 1. The van der Waals surface area contributed by atoms with Crippen molar-refractivity contribution in [3.63, 3.8) is 0 Å². The van der Waals surface area contributed by atoms with Gasteiger partial charge in [0.15, 0.2) is 5.65 Å². The average Bonchev–Trinajstić information content (AvgIpc) is 2.99. The Morgan fingerprint density at radius 2 is 2.10 bits per heavy atom.